The Morgan fingerprint density at radius 1 is 0.361 bits per heavy atom. The quantitative estimate of drug-likeness (QED) is 0.0264. The van der Waals surface area contributed by atoms with Gasteiger partial charge in [-0.3, -0.25) is 14.4 Å². The lowest BCUT2D eigenvalue weighted by Crippen LogP contribution is -2.30. The maximum atomic E-state index is 12.7. The summed E-state index contributed by atoms with van der Waals surface area (Å²) in [5.74, 6) is -1.09. The summed E-state index contributed by atoms with van der Waals surface area (Å²) in [5.41, 5.74) is 0. The number of rotatable bonds is 42. The molecule has 0 spiro atoms. The molecule has 0 aliphatic carbocycles. The number of esters is 3. The molecule has 6 nitrogen and oxygen atoms in total. The van der Waals surface area contributed by atoms with E-state index in [2.05, 4.69) is 118 Å². The minimum absolute atomic E-state index is 0.0895. The monoisotopic (exact) mass is 845 g/mol. The van der Waals surface area contributed by atoms with Crippen molar-refractivity contribution >= 4 is 17.9 Å². The predicted molar refractivity (Wildman–Crippen MR) is 260 cm³/mol. The molecule has 0 aliphatic heterocycles. The predicted octanol–water partition coefficient (Wildman–Crippen LogP) is 16.0. The lowest BCUT2D eigenvalue weighted by molar-refractivity contribution is -0.166. The Morgan fingerprint density at radius 3 is 1.10 bits per heavy atom. The highest BCUT2D eigenvalue weighted by atomic mass is 16.6. The van der Waals surface area contributed by atoms with Crippen LogP contribution in [0.15, 0.2) is 109 Å². The Bertz CT molecular complexity index is 1290. The summed E-state index contributed by atoms with van der Waals surface area (Å²) >= 11 is 0. The van der Waals surface area contributed by atoms with Crippen LogP contribution >= 0.6 is 0 Å². The molecule has 0 bridgehead atoms. The third kappa shape index (κ3) is 47.0. The van der Waals surface area contributed by atoms with Crippen molar-refractivity contribution < 1.29 is 28.6 Å². The van der Waals surface area contributed by atoms with Crippen LogP contribution in [0, 0.1) is 0 Å². The van der Waals surface area contributed by atoms with E-state index in [1.54, 1.807) is 6.08 Å². The zero-order chi connectivity index (χ0) is 44.4. The van der Waals surface area contributed by atoms with Gasteiger partial charge in [-0.15, -0.1) is 0 Å². The van der Waals surface area contributed by atoms with Crippen LogP contribution in [0.1, 0.15) is 201 Å². The van der Waals surface area contributed by atoms with Crippen molar-refractivity contribution in [3.8, 4) is 0 Å². The zero-order valence-electron chi connectivity index (χ0n) is 39.1. The van der Waals surface area contributed by atoms with E-state index in [0.29, 0.717) is 19.3 Å². The Labute approximate surface area is 374 Å². The van der Waals surface area contributed by atoms with Gasteiger partial charge in [0.2, 0.25) is 0 Å². The molecule has 0 aliphatic rings. The van der Waals surface area contributed by atoms with Crippen molar-refractivity contribution in [3.05, 3.63) is 109 Å². The number of unbranched alkanes of at least 4 members (excludes halogenated alkanes) is 14. The third-order valence-corrected chi connectivity index (χ3v) is 9.78. The van der Waals surface area contributed by atoms with Crippen molar-refractivity contribution in [2.75, 3.05) is 13.2 Å². The van der Waals surface area contributed by atoms with Crippen LogP contribution in [-0.4, -0.2) is 37.2 Å². The van der Waals surface area contributed by atoms with Gasteiger partial charge in [0.15, 0.2) is 6.10 Å². The molecule has 0 N–H and O–H groups in total. The molecule has 0 saturated heterocycles. The van der Waals surface area contributed by atoms with Crippen molar-refractivity contribution in [3.63, 3.8) is 0 Å². The van der Waals surface area contributed by atoms with Crippen LogP contribution in [0.4, 0.5) is 0 Å². The summed E-state index contributed by atoms with van der Waals surface area (Å²) < 4.78 is 16.6. The Kier molecular flexibility index (Phi) is 45.6. The normalized spacial score (nSPS) is 13.0. The van der Waals surface area contributed by atoms with E-state index in [-0.39, 0.29) is 31.6 Å². The maximum absolute atomic E-state index is 12.7. The maximum Gasteiger partial charge on any atom is 0.310 e. The molecule has 61 heavy (non-hydrogen) atoms. The topological polar surface area (TPSA) is 78.9 Å². The molecular weight excluding hydrogens is 757 g/mol. The summed E-state index contributed by atoms with van der Waals surface area (Å²) in [7, 11) is 0. The van der Waals surface area contributed by atoms with E-state index in [9.17, 15) is 14.4 Å². The van der Waals surface area contributed by atoms with Gasteiger partial charge >= 0.3 is 17.9 Å². The summed E-state index contributed by atoms with van der Waals surface area (Å²) in [6.07, 6.45) is 65.2. The smallest absolute Gasteiger partial charge is 0.310 e. The van der Waals surface area contributed by atoms with Gasteiger partial charge in [0.25, 0.3) is 0 Å². The lowest BCUT2D eigenvalue weighted by atomic mass is 10.1. The van der Waals surface area contributed by atoms with Crippen molar-refractivity contribution in [2.45, 2.75) is 207 Å². The van der Waals surface area contributed by atoms with E-state index in [1.165, 1.54) is 51.4 Å². The molecule has 0 aromatic heterocycles. The number of hydrogen-bond donors (Lipinski definition) is 0. The van der Waals surface area contributed by atoms with Crippen LogP contribution in [0.5, 0.6) is 0 Å². The SMILES string of the molecule is CC/C=C\C/C=C\C/C=C\C/C=C\C/C=C\CC(=O)OC(COC(=O)CCCCCCC/C=C\CCCC)COC(=O)CCCCCCCCC/C=C\C/C=C\C/C=C\CC. The fourth-order valence-electron chi connectivity index (χ4n) is 6.16. The third-order valence-electron chi connectivity index (χ3n) is 9.78. The molecule has 0 aromatic rings. The van der Waals surface area contributed by atoms with Gasteiger partial charge in [0, 0.05) is 12.8 Å². The molecule has 0 radical (unpaired) electrons. The van der Waals surface area contributed by atoms with Crippen LogP contribution in [-0.2, 0) is 28.6 Å². The number of ether oxygens (including phenoxy) is 3. The van der Waals surface area contributed by atoms with Gasteiger partial charge in [-0.25, -0.2) is 0 Å². The summed E-state index contributed by atoms with van der Waals surface area (Å²) in [5, 5.41) is 0. The van der Waals surface area contributed by atoms with Gasteiger partial charge in [-0.2, -0.15) is 0 Å². The fourth-order valence-corrected chi connectivity index (χ4v) is 6.16. The second kappa shape index (κ2) is 48.7. The van der Waals surface area contributed by atoms with Gasteiger partial charge in [-0.1, -0.05) is 194 Å². The minimum atomic E-state index is -0.840. The van der Waals surface area contributed by atoms with Crippen LogP contribution < -0.4 is 0 Å². The number of allylic oxidation sites excluding steroid dienone is 17. The standard InChI is InChI=1S/C55H88O6/c1-4-7-10-13-16-19-22-24-26-27-29-30-33-36-39-42-45-48-54(57)60-51-52(50-59-53(56)47-44-41-38-35-32-21-18-15-12-9-6-3)61-55(58)49-46-43-40-37-34-31-28-25-23-20-17-14-11-8-5-2/h7-8,10-11,15-20,24-26,28,34,37,43,46,52H,4-6,9,12-14,21-23,27,29-33,35-36,38-42,44-45,47-51H2,1-3H3/b10-7-,11-8-,18-15-,19-16-,20-17-,26-24-,28-25-,37-34-,46-43-. The average Bonchev–Trinajstić information content (AvgIpc) is 3.26. The van der Waals surface area contributed by atoms with Gasteiger partial charge in [0.1, 0.15) is 13.2 Å². The highest BCUT2D eigenvalue weighted by molar-refractivity contribution is 5.72. The molecule has 1 unspecified atom stereocenters. The fraction of sp³-hybridized carbons (Fsp3) is 0.618. The van der Waals surface area contributed by atoms with Crippen LogP contribution in [0.3, 0.4) is 0 Å². The first-order valence-electron chi connectivity index (χ1n) is 24.4. The Hall–Kier alpha value is -3.93. The van der Waals surface area contributed by atoms with Gasteiger partial charge in [-0.05, 0) is 96.3 Å². The first kappa shape index (κ1) is 57.1. The highest BCUT2D eigenvalue weighted by Gasteiger charge is 2.19. The van der Waals surface area contributed by atoms with Crippen molar-refractivity contribution in [2.24, 2.45) is 0 Å². The number of hydrogen-bond acceptors (Lipinski definition) is 6. The van der Waals surface area contributed by atoms with Crippen molar-refractivity contribution in [1.29, 1.82) is 0 Å². The zero-order valence-corrected chi connectivity index (χ0v) is 39.1. The number of carbonyl (C=O) groups is 3. The number of carbonyl (C=O) groups excluding carboxylic acids is 3. The first-order valence-corrected chi connectivity index (χ1v) is 24.4. The van der Waals surface area contributed by atoms with E-state index in [4.69, 9.17) is 14.2 Å². The largest absolute Gasteiger partial charge is 0.462 e. The Balaban J connectivity index is 4.53. The summed E-state index contributed by atoms with van der Waals surface area (Å²) in [6.45, 7) is 6.25. The van der Waals surface area contributed by atoms with Gasteiger partial charge < -0.3 is 14.2 Å². The molecule has 344 valence electrons. The molecule has 0 saturated carbocycles. The molecule has 1 atom stereocenters. The second-order valence-electron chi connectivity index (χ2n) is 15.6. The Morgan fingerprint density at radius 2 is 0.689 bits per heavy atom. The van der Waals surface area contributed by atoms with Crippen LogP contribution in [0.2, 0.25) is 0 Å². The van der Waals surface area contributed by atoms with Crippen molar-refractivity contribution in [1.82, 2.24) is 0 Å². The van der Waals surface area contributed by atoms with E-state index in [1.807, 2.05) is 6.08 Å². The molecular formula is C55H88O6. The second-order valence-corrected chi connectivity index (χ2v) is 15.6. The van der Waals surface area contributed by atoms with E-state index in [0.717, 1.165) is 103 Å². The minimum Gasteiger partial charge on any atom is -0.462 e. The molecule has 0 aromatic carbocycles. The van der Waals surface area contributed by atoms with Crippen LogP contribution in [0.25, 0.3) is 0 Å². The van der Waals surface area contributed by atoms with E-state index >= 15 is 0 Å². The van der Waals surface area contributed by atoms with Gasteiger partial charge in [0.05, 0.1) is 6.42 Å². The highest BCUT2D eigenvalue weighted by Crippen LogP contribution is 2.12. The molecule has 0 rings (SSSR count). The summed E-state index contributed by atoms with van der Waals surface area (Å²) in [6, 6.07) is 0. The van der Waals surface area contributed by atoms with E-state index < -0.39 is 12.1 Å². The summed E-state index contributed by atoms with van der Waals surface area (Å²) in [4.78, 5) is 37.8. The molecule has 0 amide bonds. The molecule has 6 heteroatoms. The molecule has 0 fully saturated rings. The average molecular weight is 845 g/mol. The molecule has 0 heterocycles. The first-order chi connectivity index (χ1) is 30.0. The lowest BCUT2D eigenvalue weighted by Gasteiger charge is -2.18.